The van der Waals surface area contributed by atoms with E-state index in [9.17, 15) is 9.59 Å². The topological polar surface area (TPSA) is 37.4 Å². The monoisotopic (exact) mass is 177 g/mol. The number of likely N-dealkylation sites (tertiary alicyclic amines) is 1. The standard InChI is InChI=1S/C10H11NO2/c1-2-6-11-9(12)7-4-3-5-8(7)10(11)13/h1,7-8H,3-6H2. The summed E-state index contributed by atoms with van der Waals surface area (Å²) in [5.74, 6) is 2.13. The van der Waals surface area contributed by atoms with Crippen LogP contribution in [0.4, 0.5) is 0 Å². The lowest BCUT2D eigenvalue weighted by Crippen LogP contribution is -2.31. The summed E-state index contributed by atoms with van der Waals surface area (Å²) < 4.78 is 0. The third kappa shape index (κ3) is 1.06. The van der Waals surface area contributed by atoms with E-state index in [0.29, 0.717) is 0 Å². The fraction of sp³-hybridized carbons (Fsp3) is 0.600. The second-order valence-corrected chi connectivity index (χ2v) is 3.61. The number of hydrogen-bond acceptors (Lipinski definition) is 2. The molecule has 0 radical (unpaired) electrons. The zero-order valence-corrected chi connectivity index (χ0v) is 7.32. The van der Waals surface area contributed by atoms with Crippen molar-refractivity contribution < 1.29 is 9.59 Å². The van der Waals surface area contributed by atoms with Crippen LogP contribution >= 0.6 is 0 Å². The van der Waals surface area contributed by atoms with Gasteiger partial charge in [-0.1, -0.05) is 12.3 Å². The first-order valence-electron chi connectivity index (χ1n) is 4.54. The lowest BCUT2D eigenvalue weighted by Gasteiger charge is -2.11. The van der Waals surface area contributed by atoms with E-state index in [-0.39, 0.29) is 30.2 Å². The van der Waals surface area contributed by atoms with Gasteiger partial charge in [0.15, 0.2) is 0 Å². The number of imide groups is 1. The minimum atomic E-state index is -0.0548. The van der Waals surface area contributed by atoms with Gasteiger partial charge in [-0.3, -0.25) is 14.5 Å². The van der Waals surface area contributed by atoms with Crippen molar-refractivity contribution in [2.45, 2.75) is 19.3 Å². The Bertz CT molecular complexity index is 281. The van der Waals surface area contributed by atoms with Crippen molar-refractivity contribution in [2.75, 3.05) is 6.54 Å². The highest BCUT2D eigenvalue weighted by molar-refractivity contribution is 6.05. The Hall–Kier alpha value is -1.30. The van der Waals surface area contributed by atoms with Crippen molar-refractivity contribution in [3.63, 3.8) is 0 Å². The first-order valence-corrected chi connectivity index (χ1v) is 4.54. The van der Waals surface area contributed by atoms with Crippen LogP contribution in [0, 0.1) is 24.2 Å². The number of nitrogens with zero attached hydrogens (tertiary/aromatic N) is 1. The van der Waals surface area contributed by atoms with Crippen LogP contribution in [0.5, 0.6) is 0 Å². The van der Waals surface area contributed by atoms with E-state index in [1.807, 2.05) is 0 Å². The van der Waals surface area contributed by atoms with E-state index in [4.69, 9.17) is 6.42 Å². The molecule has 2 rings (SSSR count). The first-order chi connectivity index (χ1) is 6.25. The summed E-state index contributed by atoms with van der Waals surface area (Å²) in [5, 5.41) is 0. The van der Waals surface area contributed by atoms with Crippen molar-refractivity contribution in [1.29, 1.82) is 0 Å². The van der Waals surface area contributed by atoms with Gasteiger partial charge < -0.3 is 0 Å². The van der Waals surface area contributed by atoms with Crippen molar-refractivity contribution >= 4 is 11.8 Å². The number of amides is 2. The number of fused-ring (bicyclic) bond motifs is 1. The predicted octanol–water partition coefficient (Wildman–Crippen LogP) is 0.405. The number of carbonyl (C=O) groups excluding carboxylic acids is 2. The average Bonchev–Trinajstić information content (AvgIpc) is 2.66. The SMILES string of the molecule is C#CCN1C(=O)C2CCCC2C1=O. The Kier molecular flexibility index (Phi) is 1.84. The molecular weight excluding hydrogens is 166 g/mol. The van der Waals surface area contributed by atoms with Crippen LogP contribution in [0.3, 0.4) is 0 Å². The summed E-state index contributed by atoms with van der Waals surface area (Å²) in [4.78, 5) is 24.4. The molecule has 2 unspecified atom stereocenters. The van der Waals surface area contributed by atoms with Gasteiger partial charge in [-0.15, -0.1) is 6.42 Å². The molecule has 2 aliphatic rings. The molecule has 68 valence electrons. The van der Waals surface area contributed by atoms with Gasteiger partial charge in [-0.05, 0) is 12.8 Å². The van der Waals surface area contributed by atoms with Crippen molar-refractivity contribution in [2.24, 2.45) is 11.8 Å². The zero-order chi connectivity index (χ0) is 9.42. The highest BCUT2D eigenvalue weighted by atomic mass is 16.2. The van der Waals surface area contributed by atoms with E-state index < -0.39 is 0 Å². The van der Waals surface area contributed by atoms with Gasteiger partial charge in [0.25, 0.3) is 0 Å². The second kappa shape index (κ2) is 2.88. The molecule has 2 atom stereocenters. The third-order valence-corrected chi connectivity index (χ3v) is 2.93. The van der Waals surface area contributed by atoms with Gasteiger partial charge in [-0.25, -0.2) is 0 Å². The molecular formula is C10H11NO2. The maximum absolute atomic E-state index is 11.6. The minimum absolute atomic E-state index is 0.0505. The van der Waals surface area contributed by atoms with Gasteiger partial charge in [0.1, 0.15) is 0 Å². The number of terminal acetylenes is 1. The minimum Gasteiger partial charge on any atom is -0.274 e. The highest BCUT2D eigenvalue weighted by Gasteiger charge is 2.49. The lowest BCUT2D eigenvalue weighted by atomic mass is 10.00. The van der Waals surface area contributed by atoms with E-state index in [1.54, 1.807) is 0 Å². The van der Waals surface area contributed by atoms with E-state index in [1.165, 1.54) is 4.90 Å². The summed E-state index contributed by atoms with van der Waals surface area (Å²) in [6.07, 6.45) is 7.80. The predicted molar refractivity (Wildman–Crippen MR) is 46.4 cm³/mol. The summed E-state index contributed by atoms with van der Waals surface area (Å²) in [5.41, 5.74) is 0. The third-order valence-electron chi connectivity index (χ3n) is 2.93. The molecule has 1 heterocycles. The molecule has 0 spiro atoms. The molecule has 0 N–H and O–H groups in total. The van der Waals surface area contributed by atoms with E-state index in [2.05, 4.69) is 5.92 Å². The molecule has 2 fully saturated rings. The van der Waals surface area contributed by atoms with Crippen molar-refractivity contribution in [3.05, 3.63) is 0 Å². The molecule has 1 aliphatic heterocycles. The van der Waals surface area contributed by atoms with E-state index >= 15 is 0 Å². The maximum atomic E-state index is 11.6. The molecule has 1 saturated carbocycles. The average molecular weight is 177 g/mol. The fourth-order valence-electron chi connectivity index (χ4n) is 2.31. The normalized spacial score (nSPS) is 32.1. The van der Waals surface area contributed by atoms with Crippen LogP contribution < -0.4 is 0 Å². The molecule has 0 bridgehead atoms. The molecule has 3 nitrogen and oxygen atoms in total. The molecule has 0 aromatic heterocycles. The Morgan fingerprint density at radius 1 is 1.31 bits per heavy atom. The summed E-state index contributed by atoms with van der Waals surface area (Å²) >= 11 is 0. The van der Waals surface area contributed by atoms with Gasteiger partial charge in [0, 0.05) is 0 Å². The van der Waals surface area contributed by atoms with Gasteiger partial charge in [0.05, 0.1) is 18.4 Å². The Balaban J connectivity index is 2.22. The highest BCUT2D eigenvalue weighted by Crippen LogP contribution is 2.39. The summed E-state index contributed by atoms with van der Waals surface area (Å²) in [6, 6.07) is 0. The van der Waals surface area contributed by atoms with Crippen LogP contribution in [0.1, 0.15) is 19.3 Å². The quantitative estimate of drug-likeness (QED) is 0.429. The lowest BCUT2D eigenvalue weighted by molar-refractivity contribution is -0.139. The van der Waals surface area contributed by atoms with Crippen LogP contribution in [0.25, 0.3) is 0 Å². The Morgan fingerprint density at radius 3 is 2.31 bits per heavy atom. The maximum Gasteiger partial charge on any atom is 0.233 e. The molecule has 0 aromatic carbocycles. The van der Waals surface area contributed by atoms with Crippen LogP contribution in [0.2, 0.25) is 0 Å². The molecule has 1 saturated heterocycles. The largest absolute Gasteiger partial charge is 0.274 e. The fourth-order valence-corrected chi connectivity index (χ4v) is 2.31. The van der Waals surface area contributed by atoms with Crippen LogP contribution in [-0.2, 0) is 9.59 Å². The zero-order valence-electron chi connectivity index (χ0n) is 7.32. The smallest absolute Gasteiger partial charge is 0.233 e. The van der Waals surface area contributed by atoms with Gasteiger partial charge in [0.2, 0.25) is 11.8 Å². The summed E-state index contributed by atoms with van der Waals surface area (Å²) in [6.45, 7) is 0.144. The van der Waals surface area contributed by atoms with Crippen molar-refractivity contribution in [1.82, 2.24) is 4.90 Å². The van der Waals surface area contributed by atoms with Crippen LogP contribution in [-0.4, -0.2) is 23.3 Å². The Labute approximate surface area is 77.1 Å². The first kappa shape index (κ1) is 8.31. The van der Waals surface area contributed by atoms with Gasteiger partial charge in [-0.2, -0.15) is 0 Å². The molecule has 13 heavy (non-hydrogen) atoms. The van der Waals surface area contributed by atoms with Crippen LogP contribution in [0.15, 0.2) is 0 Å². The Morgan fingerprint density at radius 2 is 1.85 bits per heavy atom. The number of rotatable bonds is 1. The molecule has 0 aromatic rings. The van der Waals surface area contributed by atoms with Crippen molar-refractivity contribution in [3.8, 4) is 12.3 Å². The molecule has 2 amide bonds. The number of carbonyl (C=O) groups is 2. The second-order valence-electron chi connectivity index (χ2n) is 3.61. The van der Waals surface area contributed by atoms with E-state index in [0.717, 1.165) is 19.3 Å². The molecule has 1 aliphatic carbocycles. The van der Waals surface area contributed by atoms with Gasteiger partial charge >= 0.3 is 0 Å². The molecule has 3 heteroatoms. The summed E-state index contributed by atoms with van der Waals surface area (Å²) in [7, 11) is 0. The number of hydrogen-bond donors (Lipinski definition) is 0.